The van der Waals surface area contributed by atoms with Gasteiger partial charge in [-0.05, 0) is 34.7 Å². The second-order valence-corrected chi connectivity index (χ2v) is 3.52. The molecule has 6 nitrogen and oxygen atoms in total. The van der Waals surface area contributed by atoms with Gasteiger partial charge in [0.05, 0.1) is 0 Å². The molecule has 0 spiro atoms. The lowest BCUT2D eigenvalue weighted by Crippen LogP contribution is -2.25. The summed E-state index contributed by atoms with van der Waals surface area (Å²) in [6.07, 6.45) is 0. The molecule has 14 heavy (non-hydrogen) atoms. The molecule has 0 aromatic carbocycles. The zero-order valence-electron chi connectivity index (χ0n) is 6.70. The summed E-state index contributed by atoms with van der Waals surface area (Å²) >= 11 is 1.97. The molecule has 0 fully saturated rings. The highest BCUT2D eigenvalue weighted by Gasteiger charge is 2.09. The number of rotatable bonds is 1. The van der Waals surface area contributed by atoms with Crippen molar-refractivity contribution in [2.75, 3.05) is 0 Å². The highest BCUT2D eigenvalue weighted by atomic mass is 127. The normalized spacial score (nSPS) is 10.4. The van der Waals surface area contributed by atoms with E-state index < -0.39 is 11.2 Å². The monoisotopic (exact) mass is 305 g/mol. The van der Waals surface area contributed by atoms with Gasteiger partial charge < -0.3 is 4.42 Å². The van der Waals surface area contributed by atoms with Crippen molar-refractivity contribution in [3.05, 3.63) is 36.7 Å². The Morgan fingerprint density at radius 1 is 1.36 bits per heavy atom. The first kappa shape index (κ1) is 9.19. The minimum absolute atomic E-state index is 0.0625. The Bertz CT molecular complexity index is 568. The van der Waals surface area contributed by atoms with Crippen LogP contribution in [0.2, 0.25) is 0 Å². The van der Waals surface area contributed by atoms with Gasteiger partial charge in [-0.25, -0.2) is 9.89 Å². The second-order valence-electron chi connectivity index (χ2n) is 2.46. The molecule has 0 saturated heterocycles. The van der Waals surface area contributed by atoms with Crippen molar-refractivity contribution in [2.24, 2.45) is 0 Å². The summed E-state index contributed by atoms with van der Waals surface area (Å²) in [5.74, 6) is 0.326. The van der Waals surface area contributed by atoms with Crippen LogP contribution in [-0.4, -0.2) is 15.2 Å². The smallest absolute Gasteiger partial charge is 0.342 e. The quantitative estimate of drug-likeness (QED) is 0.742. The molecule has 2 aromatic heterocycles. The summed E-state index contributed by atoms with van der Waals surface area (Å²) in [5.41, 5.74) is -1.15. The summed E-state index contributed by atoms with van der Waals surface area (Å²) in [5, 5.41) is 5.71. The minimum atomic E-state index is -0.639. The number of hydrogen-bond acceptors (Lipinski definition) is 4. The minimum Gasteiger partial charge on any atom is -0.448 e. The molecule has 0 radical (unpaired) electrons. The van der Waals surface area contributed by atoms with E-state index in [0.717, 1.165) is 0 Å². The number of nitrogens with one attached hydrogen (secondary N) is 2. The van der Waals surface area contributed by atoms with Gasteiger partial charge in [-0.1, -0.05) is 0 Å². The molecule has 0 aliphatic rings. The fourth-order valence-electron chi connectivity index (χ4n) is 0.956. The second kappa shape index (κ2) is 3.40. The molecule has 0 unspecified atom stereocenters. The van der Waals surface area contributed by atoms with Gasteiger partial charge in [0.2, 0.25) is 0 Å². The van der Waals surface area contributed by atoms with Crippen LogP contribution in [0, 0.1) is 3.77 Å². The third-order valence-electron chi connectivity index (χ3n) is 1.52. The van der Waals surface area contributed by atoms with Crippen molar-refractivity contribution < 1.29 is 4.42 Å². The van der Waals surface area contributed by atoms with Crippen molar-refractivity contribution in [1.29, 1.82) is 0 Å². The molecule has 7 heteroatoms. The predicted octanol–water partition coefficient (Wildman–Crippen LogP) is 0.323. The molecule has 0 aliphatic carbocycles. The number of hydrogen-bond donors (Lipinski definition) is 2. The van der Waals surface area contributed by atoms with E-state index >= 15 is 0 Å². The molecule has 2 rings (SSSR count). The van der Waals surface area contributed by atoms with Crippen molar-refractivity contribution >= 4 is 22.6 Å². The molecule has 0 saturated carbocycles. The van der Waals surface area contributed by atoms with Gasteiger partial charge in [-0.3, -0.25) is 9.78 Å². The molecule has 72 valence electrons. The SMILES string of the molecule is O=c1[nH]nc(-c2ccc(I)o2)c(=O)[nH]1. The highest BCUT2D eigenvalue weighted by molar-refractivity contribution is 14.1. The largest absolute Gasteiger partial charge is 0.448 e. The molecular formula is C7H4IN3O3. The van der Waals surface area contributed by atoms with Crippen LogP contribution >= 0.6 is 22.6 Å². The van der Waals surface area contributed by atoms with Crippen LogP contribution in [0.25, 0.3) is 11.5 Å². The summed E-state index contributed by atoms with van der Waals surface area (Å²) in [6, 6.07) is 3.31. The van der Waals surface area contributed by atoms with Gasteiger partial charge in [0, 0.05) is 0 Å². The van der Waals surface area contributed by atoms with Gasteiger partial charge in [0.15, 0.2) is 15.2 Å². The Balaban J connectivity index is 2.63. The van der Waals surface area contributed by atoms with Crippen LogP contribution in [0.5, 0.6) is 0 Å². The molecule has 0 amide bonds. The van der Waals surface area contributed by atoms with E-state index in [1.54, 1.807) is 12.1 Å². The van der Waals surface area contributed by atoms with Gasteiger partial charge >= 0.3 is 5.69 Å². The molecule has 0 aliphatic heterocycles. The fraction of sp³-hybridized carbons (Fsp3) is 0. The molecule has 0 bridgehead atoms. The van der Waals surface area contributed by atoms with Crippen molar-refractivity contribution in [3.63, 3.8) is 0 Å². The van der Waals surface area contributed by atoms with E-state index in [1.165, 1.54) is 0 Å². The molecule has 2 aromatic rings. The highest BCUT2D eigenvalue weighted by Crippen LogP contribution is 2.16. The lowest BCUT2D eigenvalue weighted by Gasteiger charge is -1.91. The van der Waals surface area contributed by atoms with Crippen LogP contribution < -0.4 is 11.2 Å². The fourth-order valence-corrected chi connectivity index (χ4v) is 1.37. The standard InChI is InChI=1S/C7H4IN3O3/c8-4-2-1-3(14-4)5-6(12)9-7(13)11-10-5/h1-2H,(H2,9,11,12,13). The van der Waals surface area contributed by atoms with Crippen LogP contribution in [0.3, 0.4) is 0 Å². The van der Waals surface area contributed by atoms with E-state index in [9.17, 15) is 9.59 Å². The van der Waals surface area contributed by atoms with Crippen LogP contribution in [-0.2, 0) is 0 Å². The summed E-state index contributed by atoms with van der Waals surface area (Å²) in [7, 11) is 0. The zero-order chi connectivity index (χ0) is 10.1. The number of furan rings is 1. The van der Waals surface area contributed by atoms with E-state index in [1.807, 2.05) is 22.6 Å². The van der Waals surface area contributed by atoms with Gasteiger partial charge in [-0.15, -0.1) is 0 Å². The number of halogens is 1. The van der Waals surface area contributed by atoms with Gasteiger partial charge in [0.25, 0.3) is 5.56 Å². The van der Waals surface area contributed by atoms with Crippen molar-refractivity contribution in [1.82, 2.24) is 15.2 Å². The van der Waals surface area contributed by atoms with Crippen LogP contribution in [0.4, 0.5) is 0 Å². The number of H-pyrrole nitrogens is 2. The average molecular weight is 305 g/mol. The third-order valence-corrected chi connectivity index (χ3v) is 2.10. The Hall–Kier alpha value is -1.38. The van der Waals surface area contributed by atoms with E-state index in [2.05, 4.69) is 15.2 Å². The first-order chi connectivity index (χ1) is 6.66. The maximum atomic E-state index is 11.2. The Morgan fingerprint density at radius 3 is 2.71 bits per heavy atom. The Kier molecular flexibility index (Phi) is 2.23. The topological polar surface area (TPSA) is 91.8 Å². The number of aromatic amines is 2. The lowest BCUT2D eigenvalue weighted by molar-refractivity contribution is 0.548. The van der Waals surface area contributed by atoms with E-state index in [0.29, 0.717) is 9.53 Å². The van der Waals surface area contributed by atoms with Crippen LogP contribution in [0.15, 0.2) is 26.1 Å². The predicted molar refractivity (Wildman–Crippen MR) is 55.9 cm³/mol. The maximum absolute atomic E-state index is 11.2. The molecule has 0 atom stereocenters. The van der Waals surface area contributed by atoms with Gasteiger partial charge in [0.1, 0.15) is 0 Å². The summed E-state index contributed by atoms with van der Waals surface area (Å²) in [4.78, 5) is 24.0. The zero-order valence-corrected chi connectivity index (χ0v) is 8.86. The Morgan fingerprint density at radius 2 is 2.14 bits per heavy atom. The van der Waals surface area contributed by atoms with Crippen molar-refractivity contribution in [3.8, 4) is 11.5 Å². The lowest BCUT2D eigenvalue weighted by atomic mass is 10.3. The Labute approximate surface area is 90.5 Å². The first-order valence-corrected chi connectivity index (χ1v) is 4.69. The number of aromatic nitrogens is 3. The third kappa shape index (κ3) is 1.62. The van der Waals surface area contributed by atoms with Crippen molar-refractivity contribution in [2.45, 2.75) is 0 Å². The molecular weight excluding hydrogens is 301 g/mol. The van der Waals surface area contributed by atoms with Gasteiger partial charge in [-0.2, -0.15) is 5.10 Å². The average Bonchev–Trinajstić information content (AvgIpc) is 2.51. The number of nitrogens with zero attached hydrogens (tertiary/aromatic N) is 1. The van der Waals surface area contributed by atoms with Crippen LogP contribution in [0.1, 0.15) is 0 Å². The van der Waals surface area contributed by atoms with E-state index in [4.69, 9.17) is 4.42 Å². The summed E-state index contributed by atoms with van der Waals surface area (Å²) in [6.45, 7) is 0. The maximum Gasteiger partial charge on any atom is 0.342 e. The first-order valence-electron chi connectivity index (χ1n) is 3.61. The molecule has 2 heterocycles. The van der Waals surface area contributed by atoms with E-state index in [-0.39, 0.29) is 5.69 Å². The molecule has 2 N–H and O–H groups in total. The summed E-state index contributed by atoms with van der Waals surface area (Å²) < 4.78 is 5.82.